The second kappa shape index (κ2) is 9.06. The number of hydrogen-bond donors (Lipinski definition) is 1. The Morgan fingerprint density at radius 3 is 2.13 bits per heavy atom. The Labute approximate surface area is 178 Å². The highest BCUT2D eigenvalue weighted by atomic mass is 16.6. The van der Waals surface area contributed by atoms with Crippen LogP contribution < -0.4 is 9.47 Å². The predicted molar refractivity (Wildman–Crippen MR) is 120 cm³/mol. The van der Waals surface area contributed by atoms with E-state index < -0.39 is 0 Å². The van der Waals surface area contributed by atoms with Crippen LogP contribution in [-0.4, -0.2) is 23.2 Å². The maximum Gasteiger partial charge on any atom is 0.162 e. The lowest BCUT2D eigenvalue weighted by Crippen LogP contribution is -2.23. The van der Waals surface area contributed by atoms with Gasteiger partial charge in [-0.25, -0.2) is 0 Å². The zero-order valence-corrected chi connectivity index (χ0v) is 17.3. The minimum atomic E-state index is -0.0870. The summed E-state index contributed by atoms with van der Waals surface area (Å²) in [6, 6.07) is 24.3. The largest absolute Gasteiger partial charge is 0.508 e. The van der Waals surface area contributed by atoms with Gasteiger partial charge in [0.2, 0.25) is 0 Å². The Kier molecular flexibility index (Phi) is 6.05. The van der Waals surface area contributed by atoms with Crippen molar-refractivity contribution in [1.82, 2.24) is 4.90 Å². The first kappa shape index (κ1) is 20.0. The first-order valence-corrected chi connectivity index (χ1v) is 10.3. The highest BCUT2D eigenvalue weighted by molar-refractivity contribution is 5.55. The molecule has 1 atom stereocenters. The molecule has 30 heavy (non-hydrogen) atoms. The monoisotopic (exact) mass is 401 g/mol. The van der Waals surface area contributed by atoms with E-state index in [4.69, 9.17) is 9.47 Å². The highest BCUT2D eigenvalue weighted by Gasteiger charge is 2.22. The Morgan fingerprint density at radius 1 is 0.933 bits per heavy atom. The molecule has 154 valence electrons. The van der Waals surface area contributed by atoms with Gasteiger partial charge < -0.3 is 14.6 Å². The van der Waals surface area contributed by atoms with Crippen LogP contribution in [0, 0.1) is 0 Å². The minimum Gasteiger partial charge on any atom is -0.508 e. The van der Waals surface area contributed by atoms with Crippen LogP contribution >= 0.6 is 0 Å². The third-order valence-electron chi connectivity index (χ3n) is 5.41. The summed E-state index contributed by atoms with van der Waals surface area (Å²) in [4.78, 5) is 2.38. The van der Waals surface area contributed by atoms with Crippen LogP contribution in [0.2, 0.25) is 0 Å². The van der Waals surface area contributed by atoms with E-state index in [0.29, 0.717) is 6.61 Å². The van der Waals surface area contributed by atoms with Crippen molar-refractivity contribution in [2.24, 2.45) is 0 Å². The van der Waals surface area contributed by atoms with Crippen molar-refractivity contribution >= 4 is 5.76 Å². The lowest BCUT2D eigenvalue weighted by molar-refractivity contribution is 0.0913. The van der Waals surface area contributed by atoms with Crippen LogP contribution in [0.3, 0.4) is 0 Å². The van der Waals surface area contributed by atoms with E-state index in [2.05, 4.69) is 42.7 Å². The Balaban J connectivity index is 1.38. The van der Waals surface area contributed by atoms with Gasteiger partial charge in [0, 0.05) is 18.7 Å². The van der Waals surface area contributed by atoms with Gasteiger partial charge >= 0.3 is 0 Å². The second-order valence-electron chi connectivity index (χ2n) is 7.55. The van der Waals surface area contributed by atoms with Gasteiger partial charge in [-0.3, -0.25) is 4.90 Å². The first-order chi connectivity index (χ1) is 14.6. The summed E-state index contributed by atoms with van der Waals surface area (Å²) in [6.07, 6.45) is -0.0870. The van der Waals surface area contributed by atoms with E-state index >= 15 is 0 Å². The first-order valence-electron chi connectivity index (χ1n) is 10.3. The smallest absolute Gasteiger partial charge is 0.162 e. The number of nitrogens with zero attached hydrogens (tertiary/aromatic N) is 1. The molecule has 4 rings (SSSR count). The van der Waals surface area contributed by atoms with Gasteiger partial charge in [-0.2, -0.15) is 0 Å². The highest BCUT2D eigenvalue weighted by Crippen LogP contribution is 2.35. The van der Waals surface area contributed by atoms with Crippen LogP contribution in [-0.2, 0) is 13.1 Å². The third-order valence-corrected chi connectivity index (χ3v) is 5.41. The van der Waals surface area contributed by atoms with Crippen molar-refractivity contribution in [2.45, 2.75) is 26.1 Å². The van der Waals surface area contributed by atoms with Gasteiger partial charge in [-0.15, -0.1) is 0 Å². The number of benzene rings is 3. The molecule has 4 heteroatoms. The molecule has 0 bridgehead atoms. The zero-order valence-electron chi connectivity index (χ0n) is 17.3. The Bertz CT molecular complexity index is 996. The molecule has 1 N–H and O–H groups in total. The summed E-state index contributed by atoms with van der Waals surface area (Å²) in [5.74, 6) is 1.70. The molecule has 1 aliphatic rings. The summed E-state index contributed by atoms with van der Waals surface area (Å²) in [5, 5.41) is 9.48. The topological polar surface area (TPSA) is 41.9 Å². The molecule has 0 aromatic heterocycles. The molecule has 3 aromatic carbocycles. The van der Waals surface area contributed by atoms with E-state index in [9.17, 15) is 5.11 Å². The van der Waals surface area contributed by atoms with Crippen LogP contribution in [0.5, 0.6) is 11.5 Å². The molecule has 0 saturated carbocycles. The van der Waals surface area contributed by atoms with Crippen molar-refractivity contribution in [1.29, 1.82) is 0 Å². The van der Waals surface area contributed by atoms with E-state index in [1.54, 1.807) is 0 Å². The molecule has 0 radical (unpaired) electrons. The second-order valence-corrected chi connectivity index (χ2v) is 7.55. The summed E-state index contributed by atoms with van der Waals surface area (Å²) >= 11 is 0. The van der Waals surface area contributed by atoms with Gasteiger partial charge in [0.05, 0.1) is 0 Å². The Morgan fingerprint density at radius 2 is 1.53 bits per heavy atom. The fourth-order valence-electron chi connectivity index (χ4n) is 3.62. The molecule has 0 aliphatic carbocycles. The maximum absolute atomic E-state index is 9.48. The lowest BCUT2D eigenvalue weighted by Gasteiger charge is -2.27. The lowest BCUT2D eigenvalue weighted by atomic mass is 10.1. The van der Waals surface area contributed by atoms with Crippen LogP contribution in [0.25, 0.3) is 5.76 Å². The van der Waals surface area contributed by atoms with Crippen molar-refractivity contribution in [2.75, 3.05) is 13.2 Å². The normalized spacial score (nSPS) is 15.2. The maximum atomic E-state index is 9.48. The van der Waals surface area contributed by atoms with Crippen molar-refractivity contribution in [3.05, 3.63) is 102 Å². The van der Waals surface area contributed by atoms with E-state index in [1.807, 2.05) is 48.5 Å². The molecule has 0 saturated heterocycles. The molecule has 0 fully saturated rings. The quantitative estimate of drug-likeness (QED) is 0.512. The number of aliphatic hydroxyl groups excluding tert-OH is 1. The molecular weight excluding hydrogens is 374 g/mol. The van der Waals surface area contributed by atoms with Crippen LogP contribution in [0.4, 0.5) is 0 Å². The fourth-order valence-corrected chi connectivity index (χ4v) is 3.62. The number of hydrogen-bond acceptors (Lipinski definition) is 4. The van der Waals surface area contributed by atoms with E-state index in [0.717, 1.165) is 42.3 Å². The molecule has 1 unspecified atom stereocenters. The molecule has 4 nitrogen and oxygen atoms in total. The summed E-state index contributed by atoms with van der Waals surface area (Å²) < 4.78 is 11.9. The standard InChI is InChI=1S/C26H27NO3/c1-3-27(16-20-8-12-22(13-9-20)19(2)28)17-21-10-14-23(15-11-21)26-18-29-24-6-4-5-7-25(24)30-26/h4-15,26,28H,2-3,16-18H2,1H3. The van der Waals surface area contributed by atoms with Gasteiger partial charge in [0.25, 0.3) is 0 Å². The van der Waals surface area contributed by atoms with E-state index in [1.165, 1.54) is 11.1 Å². The summed E-state index contributed by atoms with van der Waals surface area (Å²) in [5.41, 5.74) is 4.35. The number of para-hydroxylation sites is 2. The zero-order chi connectivity index (χ0) is 20.9. The molecular formula is C26H27NO3. The van der Waals surface area contributed by atoms with Crippen molar-refractivity contribution in [3.8, 4) is 11.5 Å². The van der Waals surface area contributed by atoms with Crippen molar-refractivity contribution in [3.63, 3.8) is 0 Å². The van der Waals surface area contributed by atoms with Crippen LogP contribution in [0.1, 0.15) is 35.3 Å². The average molecular weight is 402 g/mol. The molecule has 3 aromatic rings. The van der Waals surface area contributed by atoms with Gasteiger partial charge in [0.1, 0.15) is 12.4 Å². The fraction of sp³-hybridized carbons (Fsp3) is 0.231. The number of aliphatic hydroxyl groups is 1. The van der Waals surface area contributed by atoms with Gasteiger partial charge in [-0.1, -0.05) is 74.2 Å². The van der Waals surface area contributed by atoms with E-state index in [-0.39, 0.29) is 11.9 Å². The Hall–Kier alpha value is -3.24. The van der Waals surface area contributed by atoms with Gasteiger partial charge in [-0.05, 0) is 35.4 Å². The molecule has 1 aliphatic heterocycles. The van der Waals surface area contributed by atoms with Crippen molar-refractivity contribution < 1.29 is 14.6 Å². The predicted octanol–water partition coefficient (Wildman–Crippen LogP) is 5.75. The SMILES string of the molecule is C=C(O)c1ccc(CN(CC)Cc2ccc(C3COc4ccccc4O3)cc2)cc1. The average Bonchev–Trinajstić information content (AvgIpc) is 2.79. The third kappa shape index (κ3) is 4.66. The number of fused-ring (bicyclic) bond motifs is 1. The summed E-state index contributed by atoms with van der Waals surface area (Å²) in [6.45, 7) is 8.94. The number of rotatable bonds is 7. The molecule has 1 heterocycles. The minimum absolute atomic E-state index is 0.0870. The van der Waals surface area contributed by atoms with Crippen LogP contribution in [0.15, 0.2) is 79.4 Å². The number of ether oxygens (including phenoxy) is 2. The summed E-state index contributed by atoms with van der Waals surface area (Å²) in [7, 11) is 0. The molecule has 0 spiro atoms. The van der Waals surface area contributed by atoms with Gasteiger partial charge in [0.15, 0.2) is 17.6 Å². The molecule has 0 amide bonds.